The second-order valence-electron chi connectivity index (χ2n) is 0.266. The highest BCUT2D eigenvalue weighted by molar-refractivity contribution is 5.85. The van der Waals surface area contributed by atoms with Crippen LogP contribution in [0.15, 0.2) is 0 Å². The summed E-state index contributed by atoms with van der Waals surface area (Å²) in [6.45, 7) is 0. The Morgan fingerprint density at radius 2 is 1.67 bits per heavy atom. The molecule has 0 aromatic carbocycles. The molecule has 0 fully saturated rings. The van der Waals surface area contributed by atoms with E-state index in [1.54, 1.807) is 0 Å². The molecule has 0 amide bonds. The van der Waals surface area contributed by atoms with Crippen molar-refractivity contribution in [2.45, 2.75) is 0 Å². The molecule has 5 N–H and O–H groups in total. The van der Waals surface area contributed by atoms with E-state index in [4.69, 9.17) is 15.0 Å². The monoisotopic (exact) mass is 115 g/mol. The SMILES string of the molecule is Cl.O=C([O-])O.[NH4+]. The van der Waals surface area contributed by atoms with Crippen LogP contribution in [0.5, 0.6) is 0 Å². The van der Waals surface area contributed by atoms with Crippen molar-refractivity contribution in [3.8, 4) is 0 Å². The second-order valence-corrected chi connectivity index (χ2v) is 0.266. The van der Waals surface area contributed by atoms with Gasteiger partial charge >= 0.3 is 0 Å². The lowest BCUT2D eigenvalue weighted by atomic mass is 11.5. The fourth-order valence-corrected chi connectivity index (χ4v) is 0. The van der Waals surface area contributed by atoms with Gasteiger partial charge in [0.25, 0.3) is 0 Å². The zero-order valence-corrected chi connectivity index (χ0v) is 3.99. The van der Waals surface area contributed by atoms with Crippen molar-refractivity contribution in [1.82, 2.24) is 6.15 Å². The summed E-state index contributed by atoms with van der Waals surface area (Å²) in [7, 11) is 0. The number of quaternary nitrogens is 1. The van der Waals surface area contributed by atoms with Gasteiger partial charge in [0.2, 0.25) is 6.16 Å². The number of halogens is 1. The van der Waals surface area contributed by atoms with Gasteiger partial charge in [0.15, 0.2) is 0 Å². The van der Waals surface area contributed by atoms with Crippen molar-refractivity contribution in [3.05, 3.63) is 0 Å². The summed E-state index contributed by atoms with van der Waals surface area (Å²) in [5.74, 6) is 0. The molecule has 0 aliphatic carbocycles. The average molecular weight is 116 g/mol. The third-order valence-electron chi connectivity index (χ3n) is 0. The zero-order chi connectivity index (χ0) is 3.58. The Balaban J connectivity index is -0.0000000450. The highest BCUT2D eigenvalue weighted by Gasteiger charge is 1.51. The molecule has 4 nitrogen and oxygen atoms in total. The zero-order valence-electron chi connectivity index (χ0n) is 3.17. The highest BCUT2D eigenvalue weighted by atomic mass is 35.5. The van der Waals surface area contributed by atoms with Crippen molar-refractivity contribution in [3.63, 3.8) is 0 Å². The molecular weight excluding hydrogens is 109 g/mol. The Morgan fingerprint density at radius 3 is 1.67 bits per heavy atom. The first-order valence-corrected chi connectivity index (χ1v) is 0.632. The lowest BCUT2D eigenvalue weighted by Gasteiger charge is -1.74. The minimum absolute atomic E-state index is 0. The molecule has 5 heteroatoms. The first-order chi connectivity index (χ1) is 1.73. The number of carbonyl (C=O) groups is 1. The fraction of sp³-hybridized carbons (Fsp3) is 0. The number of carboxylic acid groups (broad SMARTS) is 2. The largest absolute Gasteiger partial charge is 0.565 e. The summed E-state index contributed by atoms with van der Waals surface area (Å²) in [4.78, 5) is 8.44. The maximum atomic E-state index is 8.44. The molecule has 6 heavy (non-hydrogen) atoms. The molecule has 0 bridgehead atoms. The molecule has 0 unspecified atom stereocenters. The molecule has 0 aliphatic rings. The standard InChI is InChI=1S/CH2O3.ClH.H3N/c2-1(3)4;;/h(H2,2,3,4);1H;1H3. The molecule has 0 saturated carbocycles. The summed E-state index contributed by atoms with van der Waals surface area (Å²) in [6.07, 6.45) is -2.08. The summed E-state index contributed by atoms with van der Waals surface area (Å²) in [5, 5.41) is 15.3. The summed E-state index contributed by atoms with van der Waals surface area (Å²) in [6, 6.07) is 0. The smallest absolute Gasteiger partial charge is 0.249 e. The Bertz CT molecular complexity index is 33.8. The van der Waals surface area contributed by atoms with Crippen LogP contribution in [0, 0.1) is 0 Å². The topological polar surface area (TPSA) is 96.9 Å². The molecule has 0 aromatic heterocycles. The van der Waals surface area contributed by atoms with Gasteiger partial charge in [-0.15, -0.1) is 12.4 Å². The van der Waals surface area contributed by atoms with Crippen LogP contribution in [0.1, 0.15) is 0 Å². The quantitative estimate of drug-likeness (QED) is 0.453. The van der Waals surface area contributed by atoms with E-state index in [9.17, 15) is 0 Å². The second kappa shape index (κ2) is 8.82. The lowest BCUT2D eigenvalue weighted by Crippen LogP contribution is -2.17. The summed E-state index contributed by atoms with van der Waals surface area (Å²) >= 11 is 0. The van der Waals surface area contributed by atoms with E-state index >= 15 is 0 Å². The Kier molecular flexibility index (Phi) is 26.1. The van der Waals surface area contributed by atoms with Gasteiger partial charge in [0.05, 0.1) is 0 Å². The highest BCUT2D eigenvalue weighted by Crippen LogP contribution is 1.32. The van der Waals surface area contributed by atoms with Gasteiger partial charge in [-0.25, -0.2) is 0 Å². The van der Waals surface area contributed by atoms with Crippen LogP contribution in [0.25, 0.3) is 0 Å². The molecule has 0 atom stereocenters. The first kappa shape index (κ1) is 17.8. The Hall–Kier alpha value is -0.480. The molecule has 0 aliphatic heterocycles. The van der Waals surface area contributed by atoms with Crippen LogP contribution < -0.4 is 11.3 Å². The van der Waals surface area contributed by atoms with Crippen LogP contribution in [0.4, 0.5) is 4.79 Å². The van der Waals surface area contributed by atoms with Crippen LogP contribution >= 0.6 is 12.4 Å². The van der Waals surface area contributed by atoms with Crippen molar-refractivity contribution >= 4 is 18.6 Å². The predicted octanol–water partition coefficient (Wildman–Crippen LogP) is -0.314. The summed E-state index contributed by atoms with van der Waals surface area (Å²) in [5.41, 5.74) is 0. The van der Waals surface area contributed by atoms with E-state index in [0.717, 1.165) is 0 Å². The van der Waals surface area contributed by atoms with E-state index in [1.807, 2.05) is 0 Å². The van der Waals surface area contributed by atoms with E-state index < -0.39 is 6.16 Å². The molecule has 0 spiro atoms. The van der Waals surface area contributed by atoms with Gasteiger partial charge in [0, 0.05) is 0 Å². The molecule has 0 heterocycles. The molecule has 0 rings (SSSR count). The normalized spacial score (nSPS) is 4.00. The molecule has 0 radical (unpaired) electrons. The van der Waals surface area contributed by atoms with E-state index in [1.165, 1.54) is 0 Å². The lowest BCUT2D eigenvalue weighted by molar-refractivity contribution is -0.275. The van der Waals surface area contributed by atoms with Crippen LogP contribution in [0.2, 0.25) is 0 Å². The van der Waals surface area contributed by atoms with Gasteiger partial charge in [-0.05, 0) is 0 Å². The predicted molar refractivity (Wildman–Crippen MR) is 21.3 cm³/mol. The van der Waals surface area contributed by atoms with Gasteiger partial charge in [-0.3, -0.25) is 0 Å². The third kappa shape index (κ3) is 97.0. The molecule has 0 aromatic rings. The average Bonchev–Trinajstić information content (AvgIpc) is 0.811. The van der Waals surface area contributed by atoms with E-state index in [0.29, 0.717) is 0 Å². The fourth-order valence-electron chi connectivity index (χ4n) is 0. The van der Waals surface area contributed by atoms with Gasteiger partial charge in [-0.1, -0.05) is 0 Å². The maximum absolute atomic E-state index is 8.44. The van der Waals surface area contributed by atoms with Gasteiger partial charge in [0.1, 0.15) is 0 Å². The number of hydrogen-bond acceptors (Lipinski definition) is 2. The molecule has 40 valence electrons. The van der Waals surface area contributed by atoms with E-state index in [2.05, 4.69) is 0 Å². The van der Waals surface area contributed by atoms with Crippen molar-refractivity contribution in [2.75, 3.05) is 0 Å². The van der Waals surface area contributed by atoms with Crippen LogP contribution in [-0.4, -0.2) is 11.3 Å². The summed E-state index contributed by atoms with van der Waals surface area (Å²) < 4.78 is 0. The van der Waals surface area contributed by atoms with E-state index in [-0.39, 0.29) is 18.6 Å². The Morgan fingerprint density at radius 1 is 1.67 bits per heavy atom. The van der Waals surface area contributed by atoms with Crippen LogP contribution in [-0.2, 0) is 0 Å². The first-order valence-electron chi connectivity index (χ1n) is 0.632. The third-order valence-corrected chi connectivity index (χ3v) is 0. The van der Waals surface area contributed by atoms with Gasteiger partial charge in [-0.2, -0.15) is 0 Å². The number of rotatable bonds is 0. The maximum Gasteiger partial charge on any atom is 0.249 e. The molecular formula is CH6ClNO3. The van der Waals surface area contributed by atoms with Crippen molar-refractivity contribution < 1.29 is 15.0 Å². The van der Waals surface area contributed by atoms with Crippen LogP contribution in [0.3, 0.4) is 0 Å². The van der Waals surface area contributed by atoms with Gasteiger partial charge < -0.3 is 21.2 Å². The van der Waals surface area contributed by atoms with Crippen molar-refractivity contribution in [2.24, 2.45) is 0 Å². The number of hydrogen-bond donors (Lipinski definition) is 2. The minimum atomic E-state index is -2.08. The minimum Gasteiger partial charge on any atom is -0.565 e. The Labute approximate surface area is 40.8 Å². The van der Waals surface area contributed by atoms with Crippen molar-refractivity contribution in [1.29, 1.82) is 0 Å². The molecule has 0 saturated heterocycles.